The summed E-state index contributed by atoms with van der Waals surface area (Å²) in [5, 5.41) is 0. The predicted octanol–water partition coefficient (Wildman–Crippen LogP) is 3.26. The summed E-state index contributed by atoms with van der Waals surface area (Å²) < 4.78 is 10.2. The van der Waals surface area contributed by atoms with Crippen molar-refractivity contribution in [1.82, 2.24) is 0 Å². The Morgan fingerprint density at radius 2 is 1.73 bits per heavy atom. The van der Waals surface area contributed by atoms with Crippen molar-refractivity contribution in [3.63, 3.8) is 0 Å². The Morgan fingerprint density at radius 3 is 2.32 bits per heavy atom. The van der Waals surface area contributed by atoms with E-state index >= 15 is 0 Å². The number of hydrogen-bond donors (Lipinski definition) is 0. The molecule has 0 aliphatic carbocycles. The summed E-state index contributed by atoms with van der Waals surface area (Å²) >= 11 is 0. The minimum atomic E-state index is -0.228. The van der Waals surface area contributed by atoms with Crippen LogP contribution in [0.15, 0.2) is 54.6 Å². The van der Waals surface area contributed by atoms with Crippen LogP contribution in [-0.4, -0.2) is 26.2 Å². The van der Waals surface area contributed by atoms with Crippen molar-refractivity contribution < 1.29 is 14.3 Å². The highest BCUT2D eigenvalue weighted by Crippen LogP contribution is 2.21. The highest BCUT2D eigenvalue weighted by atomic mass is 16.5. The molecule has 116 valence electrons. The van der Waals surface area contributed by atoms with Crippen LogP contribution < -0.4 is 9.64 Å². The third-order valence-corrected chi connectivity index (χ3v) is 3.28. The average molecular weight is 299 g/mol. The normalized spacial score (nSPS) is 10.1. The van der Waals surface area contributed by atoms with Crippen LogP contribution in [0.2, 0.25) is 0 Å². The van der Waals surface area contributed by atoms with Gasteiger partial charge in [-0.15, -0.1) is 0 Å². The molecule has 0 saturated heterocycles. The minimum absolute atomic E-state index is 0.217. The number of methoxy groups -OCH3 is 1. The molecule has 0 saturated carbocycles. The molecule has 0 heterocycles. The quantitative estimate of drug-likeness (QED) is 0.736. The van der Waals surface area contributed by atoms with Crippen molar-refractivity contribution in [2.75, 3.05) is 25.2 Å². The van der Waals surface area contributed by atoms with Crippen LogP contribution in [-0.2, 0) is 16.1 Å². The Hall–Kier alpha value is -2.49. The van der Waals surface area contributed by atoms with E-state index in [1.54, 1.807) is 7.11 Å². The summed E-state index contributed by atoms with van der Waals surface area (Å²) in [7, 11) is 1.63. The maximum Gasteiger partial charge on any atom is 0.325 e. The van der Waals surface area contributed by atoms with Crippen LogP contribution in [0.3, 0.4) is 0 Å². The molecule has 4 nitrogen and oxygen atoms in total. The summed E-state index contributed by atoms with van der Waals surface area (Å²) in [6, 6.07) is 17.7. The van der Waals surface area contributed by atoms with Gasteiger partial charge < -0.3 is 14.4 Å². The van der Waals surface area contributed by atoms with Crippen LogP contribution in [0.1, 0.15) is 12.5 Å². The molecule has 0 radical (unpaired) electrons. The Bertz CT molecular complexity index is 581. The van der Waals surface area contributed by atoms with Gasteiger partial charge in [0.2, 0.25) is 0 Å². The lowest BCUT2D eigenvalue weighted by molar-refractivity contribution is -0.141. The van der Waals surface area contributed by atoms with E-state index in [4.69, 9.17) is 9.47 Å². The van der Waals surface area contributed by atoms with Gasteiger partial charge in [-0.3, -0.25) is 4.79 Å². The van der Waals surface area contributed by atoms with E-state index in [9.17, 15) is 4.79 Å². The summed E-state index contributed by atoms with van der Waals surface area (Å²) in [5.41, 5.74) is 2.10. The van der Waals surface area contributed by atoms with Gasteiger partial charge in [-0.25, -0.2) is 0 Å². The highest BCUT2D eigenvalue weighted by molar-refractivity contribution is 5.76. The zero-order chi connectivity index (χ0) is 15.8. The van der Waals surface area contributed by atoms with Crippen LogP contribution >= 0.6 is 0 Å². The lowest BCUT2D eigenvalue weighted by Crippen LogP contribution is -2.30. The monoisotopic (exact) mass is 299 g/mol. The number of carbonyl (C=O) groups is 1. The molecule has 0 fully saturated rings. The molecular formula is C18H21NO3. The number of ether oxygens (including phenoxy) is 2. The second-order valence-corrected chi connectivity index (χ2v) is 4.84. The van der Waals surface area contributed by atoms with Crippen molar-refractivity contribution in [3.05, 3.63) is 60.2 Å². The van der Waals surface area contributed by atoms with E-state index in [2.05, 4.69) is 0 Å². The maximum atomic E-state index is 11.9. The van der Waals surface area contributed by atoms with Gasteiger partial charge in [-0.2, -0.15) is 0 Å². The molecule has 0 unspecified atom stereocenters. The molecule has 0 spiro atoms. The molecule has 2 aromatic rings. The van der Waals surface area contributed by atoms with E-state index in [0.717, 1.165) is 17.0 Å². The molecule has 4 heteroatoms. The zero-order valence-electron chi connectivity index (χ0n) is 13.0. The van der Waals surface area contributed by atoms with Crippen molar-refractivity contribution >= 4 is 11.7 Å². The molecule has 2 aromatic carbocycles. The number of benzene rings is 2. The smallest absolute Gasteiger partial charge is 0.325 e. The first-order valence-corrected chi connectivity index (χ1v) is 7.31. The van der Waals surface area contributed by atoms with Crippen molar-refractivity contribution in [3.8, 4) is 5.75 Å². The Labute approximate surface area is 131 Å². The first kappa shape index (κ1) is 15.9. The Balaban J connectivity index is 2.17. The third-order valence-electron chi connectivity index (χ3n) is 3.28. The third kappa shape index (κ3) is 4.52. The van der Waals surface area contributed by atoms with Gasteiger partial charge in [-0.05, 0) is 36.8 Å². The van der Waals surface area contributed by atoms with E-state index < -0.39 is 0 Å². The first-order chi connectivity index (χ1) is 10.7. The predicted molar refractivity (Wildman–Crippen MR) is 87.1 cm³/mol. The van der Waals surface area contributed by atoms with Crippen LogP contribution in [0, 0.1) is 0 Å². The molecule has 0 aliphatic heterocycles. The largest absolute Gasteiger partial charge is 0.497 e. The molecule has 0 aliphatic rings. The number of hydrogen-bond acceptors (Lipinski definition) is 4. The topological polar surface area (TPSA) is 38.8 Å². The Morgan fingerprint density at radius 1 is 1.05 bits per heavy atom. The van der Waals surface area contributed by atoms with E-state index in [0.29, 0.717) is 13.2 Å². The molecular weight excluding hydrogens is 278 g/mol. The van der Waals surface area contributed by atoms with E-state index in [1.165, 1.54) is 0 Å². The summed E-state index contributed by atoms with van der Waals surface area (Å²) in [6.45, 7) is 3.06. The number of rotatable bonds is 7. The molecule has 2 rings (SSSR count). The molecule has 0 bridgehead atoms. The van der Waals surface area contributed by atoms with Gasteiger partial charge in [-0.1, -0.05) is 30.3 Å². The Kier molecular flexibility index (Phi) is 5.83. The van der Waals surface area contributed by atoms with E-state index in [-0.39, 0.29) is 12.5 Å². The average Bonchev–Trinajstić information content (AvgIpc) is 2.55. The second-order valence-electron chi connectivity index (χ2n) is 4.84. The second kappa shape index (κ2) is 8.08. The molecule has 22 heavy (non-hydrogen) atoms. The SMILES string of the molecule is CCOC(=O)CN(Cc1ccccc1)c1ccc(OC)cc1. The molecule has 0 amide bonds. The number of carbonyl (C=O) groups excluding carboxylic acids is 1. The van der Waals surface area contributed by atoms with Crippen molar-refractivity contribution in [1.29, 1.82) is 0 Å². The number of nitrogens with zero attached hydrogens (tertiary/aromatic N) is 1. The summed E-state index contributed by atoms with van der Waals surface area (Å²) in [6.07, 6.45) is 0. The number of esters is 1. The fourth-order valence-electron chi connectivity index (χ4n) is 2.20. The van der Waals surface area contributed by atoms with Gasteiger partial charge in [0.1, 0.15) is 12.3 Å². The van der Waals surface area contributed by atoms with Crippen molar-refractivity contribution in [2.45, 2.75) is 13.5 Å². The summed E-state index contributed by atoms with van der Waals surface area (Å²) in [4.78, 5) is 13.8. The van der Waals surface area contributed by atoms with Gasteiger partial charge in [0, 0.05) is 12.2 Å². The highest BCUT2D eigenvalue weighted by Gasteiger charge is 2.13. The standard InChI is InChI=1S/C18H21NO3/c1-3-22-18(20)14-19(13-15-7-5-4-6-8-15)16-9-11-17(21-2)12-10-16/h4-12H,3,13-14H2,1-2H3. The van der Waals surface area contributed by atoms with Crippen LogP contribution in [0.4, 0.5) is 5.69 Å². The van der Waals surface area contributed by atoms with Crippen LogP contribution in [0.5, 0.6) is 5.75 Å². The fraction of sp³-hybridized carbons (Fsp3) is 0.278. The van der Waals surface area contributed by atoms with Crippen LogP contribution in [0.25, 0.3) is 0 Å². The van der Waals surface area contributed by atoms with Crippen molar-refractivity contribution in [2.24, 2.45) is 0 Å². The van der Waals surface area contributed by atoms with Gasteiger partial charge in [0.25, 0.3) is 0 Å². The van der Waals surface area contributed by atoms with Gasteiger partial charge in [0.15, 0.2) is 0 Å². The van der Waals surface area contributed by atoms with Gasteiger partial charge in [0.05, 0.1) is 13.7 Å². The minimum Gasteiger partial charge on any atom is -0.497 e. The summed E-state index contributed by atoms with van der Waals surface area (Å²) in [5.74, 6) is 0.564. The zero-order valence-corrected chi connectivity index (χ0v) is 13.0. The maximum absolute atomic E-state index is 11.9. The van der Waals surface area contributed by atoms with Gasteiger partial charge >= 0.3 is 5.97 Å². The fourth-order valence-corrected chi connectivity index (χ4v) is 2.20. The molecule has 0 aromatic heterocycles. The number of anilines is 1. The first-order valence-electron chi connectivity index (χ1n) is 7.31. The molecule has 0 N–H and O–H groups in total. The van der Waals surface area contributed by atoms with E-state index in [1.807, 2.05) is 66.4 Å². The molecule has 0 atom stereocenters. The lowest BCUT2D eigenvalue weighted by Gasteiger charge is -2.24. The lowest BCUT2D eigenvalue weighted by atomic mass is 10.2.